The number of halogens is 1. The number of hydrogen-bond acceptors (Lipinski definition) is 5. The van der Waals surface area contributed by atoms with Gasteiger partial charge >= 0.3 is 0 Å². The van der Waals surface area contributed by atoms with E-state index in [1.54, 1.807) is 0 Å². The zero-order valence-corrected chi connectivity index (χ0v) is 22.2. The topological polar surface area (TPSA) is 73.0 Å². The van der Waals surface area contributed by atoms with Crippen LogP contribution in [0.5, 0.6) is 0 Å². The number of amides is 1. The first-order valence-corrected chi connectivity index (χ1v) is 14.4. The van der Waals surface area contributed by atoms with Crippen molar-refractivity contribution >= 4 is 33.2 Å². The Kier molecular flexibility index (Phi) is 8.06. The first-order chi connectivity index (χ1) is 16.6. The number of nitrogens with zero attached hydrogens (tertiary/aromatic N) is 3. The molecule has 0 unspecified atom stereocenters. The summed E-state index contributed by atoms with van der Waals surface area (Å²) in [6, 6.07) is 16.2. The molecule has 2 atom stereocenters. The third-order valence-corrected chi connectivity index (χ3v) is 8.06. The summed E-state index contributed by atoms with van der Waals surface area (Å²) in [7, 11) is -3.27. The second-order valence-electron chi connectivity index (χ2n) is 9.85. The molecule has 190 valence electrons. The van der Waals surface area contributed by atoms with Gasteiger partial charge in [0, 0.05) is 68.5 Å². The van der Waals surface area contributed by atoms with Crippen molar-refractivity contribution in [2.75, 3.05) is 50.4 Å². The maximum atomic E-state index is 13.7. The van der Waals surface area contributed by atoms with Crippen molar-refractivity contribution in [1.29, 1.82) is 0 Å². The maximum absolute atomic E-state index is 13.7. The average molecular weight is 519 g/mol. The van der Waals surface area contributed by atoms with E-state index in [-0.39, 0.29) is 24.3 Å². The predicted molar refractivity (Wildman–Crippen MR) is 141 cm³/mol. The fourth-order valence-corrected chi connectivity index (χ4v) is 5.68. The minimum Gasteiger partial charge on any atom is -0.368 e. The molecule has 7 nitrogen and oxygen atoms in total. The summed E-state index contributed by atoms with van der Waals surface area (Å²) in [6.45, 7) is 8.99. The van der Waals surface area contributed by atoms with Crippen molar-refractivity contribution < 1.29 is 13.2 Å². The van der Waals surface area contributed by atoms with Gasteiger partial charge in [0.15, 0.2) is 0 Å². The second-order valence-corrected chi connectivity index (χ2v) is 12.1. The van der Waals surface area contributed by atoms with Gasteiger partial charge in [0.1, 0.15) is 0 Å². The third kappa shape index (κ3) is 6.36. The van der Waals surface area contributed by atoms with E-state index >= 15 is 0 Å². The van der Waals surface area contributed by atoms with Crippen LogP contribution in [-0.4, -0.2) is 75.7 Å². The van der Waals surface area contributed by atoms with E-state index in [4.69, 9.17) is 11.6 Å². The molecular weight excluding hydrogens is 484 g/mol. The molecule has 1 N–H and O–H groups in total. The summed E-state index contributed by atoms with van der Waals surface area (Å²) >= 11 is 6.11. The van der Waals surface area contributed by atoms with Crippen LogP contribution < -0.4 is 9.62 Å². The molecule has 4 rings (SSSR count). The monoisotopic (exact) mass is 518 g/mol. The zero-order valence-electron chi connectivity index (χ0n) is 20.7. The Morgan fingerprint density at radius 3 is 2.31 bits per heavy atom. The number of piperazine rings is 1. The minimum absolute atomic E-state index is 0.0728. The molecule has 2 fully saturated rings. The van der Waals surface area contributed by atoms with Crippen molar-refractivity contribution in [2.24, 2.45) is 5.92 Å². The number of benzene rings is 2. The van der Waals surface area contributed by atoms with Gasteiger partial charge in [-0.2, -0.15) is 0 Å². The number of para-hydroxylation sites is 1. The average Bonchev–Trinajstić information content (AvgIpc) is 3.28. The van der Waals surface area contributed by atoms with Gasteiger partial charge in [0.2, 0.25) is 15.9 Å². The predicted octanol–water partition coefficient (Wildman–Crippen LogP) is 3.16. The number of anilines is 1. The van der Waals surface area contributed by atoms with Crippen molar-refractivity contribution in [3.05, 3.63) is 64.7 Å². The highest BCUT2D eigenvalue weighted by atomic mass is 35.5. The Morgan fingerprint density at radius 2 is 1.69 bits per heavy atom. The van der Waals surface area contributed by atoms with E-state index in [0.29, 0.717) is 37.2 Å². The number of rotatable bonds is 7. The number of hydrogen-bond donors (Lipinski definition) is 1. The molecule has 2 saturated heterocycles. The number of carbonyl (C=O) groups is 1. The highest BCUT2D eigenvalue weighted by Crippen LogP contribution is 2.36. The van der Waals surface area contributed by atoms with E-state index in [1.807, 2.05) is 41.3 Å². The Labute approximate surface area is 214 Å². The van der Waals surface area contributed by atoms with Gasteiger partial charge in [0.25, 0.3) is 0 Å². The highest BCUT2D eigenvalue weighted by Gasteiger charge is 2.41. The molecule has 9 heteroatoms. The SMILES string of the molecule is CC(C)N1C[C@@H](C(=O)N2CCN(c3ccccc3CNS(C)(=O)=O)CC2)[C@H](c2ccc(Cl)cc2)C1. The molecule has 2 aromatic carbocycles. The third-order valence-electron chi connectivity index (χ3n) is 7.14. The molecule has 2 aromatic rings. The molecule has 0 radical (unpaired) electrons. The molecule has 35 heavy (non-hydrogen) atoms. The molecule has 2 aliphatic rings. The van der Waals surface area contributed by atoms with Crippen LogP contribution in [0, 0.1) is 5.92 Å². The van der Waals surface area contributed by atoms with E-state index < -0.39 is 10.0 Å². The first-order valence-electron chi connectivity index (χ1n) is 12.2. The lowest BCUT2D eigenvalue weighted by molar-refractivity contribution is -0.135. The van der Waals surface area contributed by atoms with E-state index in [2.05, 4.69) is 40.5 Å². The van der Waals surface area contributed by atoms with Crippen LogP contribution in [0.15, 0.2) is 48.5 Å². The van der Waals surface area contributed by atoms with E-state index in [0.717, 1.165) is 24.3 Å². The molecule has 2 heterocycles. The fourth-order valence-electron chi connectivity index (χ4n) is 5.13. The standard InChI is InChI=1S/C26H35ClN4O3S/c1-19(2)31-17-23(20-8-10-22(27)11-9-20)24(18-31)26(32)30-14-12-29(13-15-30)25-7-5-4-6-21(25)16-28-35(3,33)34/h4-11,19,23-24,28H,12-18H2,1-3H3/t23-,24+/m0/s1. The molecule has 0 aliphatic carbocycles. The molecule has 0 aromatic heterocycles. The fraction of sp³-hybridized carbons (Fsp3) is 0.500. The minimum atomic E-state index is -3.27. The van der Waals surface area contributed by atoms with Crippen molar-refractivity contribution in [2.45, 2.75) is 32.4 Å². The molecule has 1 amide bonds. The summed E-state index contributed by atoms with van der Waals surface area (Å²) in [6.07, 6.45) is 1.17. The lowest BCUT2D eigenvalue weighted by Gasteiger charge is -2.38. The Hall–Kier alpha value is -2.13. The molecule has 2 aliphatic heterocycles. The Balaban J connectivity index is 1.44. The molecule has 0 spiro atoms. The van der Waals surface area contributed by atoms with Gasteiger partial charge in [0.05, 0.1) is 12.2 Å². The van der Waals surface area contributed by atoms with Gasteiger partial charge in [-0.05, 0) is 43.2 Å². The van der Waals surface area contributed by atoms with Gasteiger partial charge in [-0.25, -0.2) is 13.1 Å². The van der Waals surface area contributed by atoms with Crippen LogP contribution in [0.4, 0.5) is 5.69 Å². The quantitative estimate of drug-likeness (QED) is 0.609. The highest BCUT2D eigenvalue weighted by molar-refractivity contribution is 7.88. The smallest absolute Gasteiger partial charge is 0.227 e. The second kappa shape index (κ2) is 10.9. The van der Waals surface area contributed by atoms with Gasteiger partial charge in [-0.1, -0.05) is 41.9 Å². The van der Waals surface area contributed by atoms with Crippen LogP contribution in [0.3, 0.4) is 0 Å². The largest absolute Gasteiger partial charge is 0.368 e. The van der Waals surface area contributed by atoms with Crippen molar-refractivity contribution in [3.8, 4) is 0 Å². The van der Waals surface area contributed by atoms with Crippen LogP contribution in [0.1, 0.15) is 30.9 Å². The molecule has 0 bridgehead atoms. The number of nitrogens with one attached hydrogen (secondary N) is 1. The summed E-state index contributed by atoms with van der Waals surface area (Å²) in [5.74, 6) is 0.305. The number of carbonyl (C=O) groups excluding carboxylic acids is 1. The lowest BCUT2D eigenvalue weighted by Crippen LogP contribution is -2.51. The van der Waals surface area contributed by atoms with Crippen LogP contribution in [0.2, 0.25) is 5.02 Å². The summed E-state index contributed by atoms with van der Waals surface area (Å²) < 4.78 is 25.7. The van der Waals surface area contributed by atoms with Crippen molar-refractivity contribution in [3.63, 3.8) is 0 Å². The maximum Gasteiger partial charge on any atom is 0.227 e. The normalized spacial score (nSPS) is 21.6. The summed E-state index contributed by atoms with van der Waals surface area (Å²) in [5, 5.41) is 0.707. The number of sulfonamides is 1. The van der Waals surface area contributed by atoms with Crippen molar-refractivity contribution in [1.82, 2.24) is 14.5 Å². The first kappa shape index (κ1) is 25.9. The molecular formula is C26H35ClN4O3S. The van der Waals surface area contributed by atoms with Gasteiger partial charge < -0.3 is 9.80 Å². The van der Waals surface area contributed by atoms with Crippen LogP contribution >= 0.6 is 11.6 Å². The summed E-state index contributed by atoms with van der Waals surface area (Å²) in [4.78, 5) is 20.4. The summed E-state index contributed by atoms with van der Waals surface area (Å²) in [5.41, 5.74) is 3.12. The number of likely N-dealkylation sites (tertiary alicyclic amines) is 1. The molecule has 0 saturated carbocycles. The van der Waals surface area contributed by atoms with Crippen LogP contribution in [0.25, 0.3) is 0 Å². The van der Waals surface area contributed by atoms with Gasteiger partial charge in [-0.3, -0.25) is 9.69 Å². The lowest BCUT2D eigenvalue weighted by atomic mass is 9.88. The van der Waals surface area contributed by atoms with Gasteiger partial charge in [-0.15, -0.1) is 0 Å². The van der Waals surface area contributed by atoms with E-state index in [9.17, 15) is 13.2 Å². The Morgan fingerprint density at radius 1 is 1.03 bits per heavy atom. The zero-order chi connectivity index (χ0) is 25.2. The van der Waals surface area contributed by atoms with E-state index in [1.165, 1.54) is 11.8 Å². The van der Waals surface area contributed by atoms with Crippen LogP contribution in [-0.2, 0) is 21.4 Å². The Bertz CT molecular complexity index is 1130.